The van der Waals surface area contributed by atoms with Crippen LogP contribution in [0.15, 0.2) is 41.6 Å². The minimum atomic E-state index is -0.418. The molecule has 0 fully saturated rings. The van der Waals surface area contributed by atoms with Crippen LogP contribution in [0, 0.1) is 12.8 Å². The Balaban J connectivity index is 1.74. The number of nitrogens with one attached hydrogen (secondary N) is 2. The van der Waals surface area contributed by atoms with E-state index in [9.17, 15) is 9.59 Å². The molecule has 1 aromatic heterocycles. The molecule has 0 saturated heterocycles. The van der Waals surface area contributed by atoms with E-state index in [2.05, 4.69) is 20.8 Å². The summed E-state index contributed by atoms with van der Waals surface area (Å²) < 4.78 is 1.90. The smallest absolute Gasteiger partial charge is 0.253 e. The molecule has 0 bridgehead atoms. The fourth-order valence-corrected chi connectivity index (χ4v) is 4.88. The molecule has 0 aliphatic rings. The van der Waals surface area contributed by atoms with Crippen LogP contribution in [0.3, 0.4) is 0 Å². The molecule has 2 N–H and O–H groups in total. The van der Waals surface area contributed by atoms with Gasteiger partial charge in [-0.1, -0.05) is 66.5 Å². The summed E-state index contributed by atoms with van der Waals surface area (Å²) in [4.78, 5) is 25.5. The van der Waals surface area contributed by atoms with Gasteiger partial charge in [-0.2, -0.15) is 0 Å². The average Bonchev–Trinajstić information content (AvgIpc) is 3.20. The number of aryl methyl sites for hydroxylation is 1. The fourth-order valence-electron chi connectivity index (χ4n) is 3.40. The van der Waals surface area contributed by atoms with Crippen molar-refractivity contribution in [2.75, 3.05) is 11.1 Å². The molecular weight excluding hydrogens is 529 g/mol. The van der Waals surface area contributed by atoms with Gasteiger partial charge in [-0.15, -0.1) is 10.2 Å². The molecule has 3 aromatic rings. The molecule has 0 radical (unpaired) electrons. The highest BCUT2D eigenvalue weighted by atomic mass is 35.5. The fraction of sp³-hybridized carbons (Fsp3) is 0.333. The summed E-state index contributed by atoms with van der Waals surface area (Å²) in [6.45, 7) is 8.39. The van der Waals surface area contributed by atoms with Crippen molar-refractivity contribution in [2.24, 2.45) is 5.92 Å². The molecule has 2 aromatic carbocycles. The Kier molecular flexibility index (Phi) is 9.47. The van der Waals surface area contributed by atoms with Crippen LogP contribution in [0.2, 0.25) is 15.1 Å². The summed E-state index contributed by atoms with van der Waals surface area (Å²) in [6.07, 6.45) is 0. The predicted molar refractivity (Wildman–Crippen MR) is 143 cm³/mol. The van der Waals surface area contributed by atoms with Gasteiger partial charge >= 0.3 is 0 Å². The summed E-state index contributed by atoms with van der Waals surface area (Å²) in [7, 11) is 0. The van der Waals surface area contributed by atoms with Crippen LogP contribution >= 0.6 is 46.6 Å². The summed E-state index contributed by atoms with van der Waals surface area (Å²) in [6, 6.07) is 9.66. The highest BCUT2D eigenvalue weighted by Gasteiger charge is 2.27. The van der Waals surface area contributed by atoms with Crippen LogP contribution in [0.4, 0.5) is 5.69 Å². The van der Waals surface area contributed by atoms with Gasteiger partial charge in [0.05, 0.1) is 22.4 Å². The first-order valence-corrected chi connectivity index (χ1v) is 13.1. The molecule has 1 heterocycles. The van der Waals surface area contributed by atoms with E-state index in [0.717, 1.165) is 5.56 Å². The van der Waals surface area contributed by atoms with E-state index in [1.807, 2.05) is 38.3 Å². The van der Waals surface area contributed by atoms with E-state index < -0.39 is 6.04 Å². The Bertz CT molecular complexity index is 1230. The van der Waals surface area contributed by atoms with Crippen LogP contribution in [0.25, 0.3) is 0 Å². The number of halogens is 3. The Morgan fingerprint density at radius 1 is 1.06 bits per heavy atom. The SMILES string of the molecule is CCn1c(SCC(=O)Nc2cc(Cl)ccc2C)nnc1[C@H](NC(=O)c1ccc(Cl)cc1Cl)C(C)C. The minimum Gasteiger partial charge on any atom is -0.342 e. The molecule has 7 nitrogen and oxygen atoms in total. The van der Waals surface area contributed by atoms with E-state index in [4.69, 9.17) is 34.8 Å². The highest BCUT2D eigenvalue weighted by molar-refractivity contribution is 7.99. The topological polar surface area (TPSA) is 88.9 Å². The van der Waals surface area contributed by atoms with Crippen LogP contribution < -0.4 is 10.6 Å². The van der Waals surface area contributed by atoms with Gasteiger partial charge in [-0.05, 0) is 55.7 Å². The van der Waals surface area contributed by atoms with Crippen LogP contribution in [0.1, 0.15) is 48.6 Å². The van der Waals surface area contributed by atoms with E-state index >= 15 is 0 Å². The van der Waals surface area contributed by atoms with Crippen molar-refractivity contribution in [3.63, 3.8) is 0 Å². The molecule has 3 rings (SSSR count). The number of benzene rings is 2. The van der Waals surface area contributed by atoms with Crippen molar-refractivity contribution < 1.29 is 9.59 Å². The number of carbonyl (C=O) groups is 2. The van der Waals surface area contributed by atoms with Crippen molar-refractivity contribution in [1.82, 2.24) is 20.1 Å². The summed E-state index contributed by atoms with van der Waals surface area (Å²) in [5, 5.41) is 16.4. The third-order valence-electron chi connectivity index (χ3n) is 5.27. The molecule has 11 heteroatoms. The number of nitrogens with zero attached hydrogens (tertiary/aromatic N) is 3. The first-order valence-electron chi connectivity index (χ1n) is 11.0. The second-order valence-corrected chi connectivity index (χ2v) is 10.4. The molecular formula is C24H26Cl3N5O2S. The van der Waals surface area contributed by atoms with Crippen LogP contribution in [-0.2, 0) is 11.3 Å². The molecule has 0 unspecified atom stereocenters. The Morgan fingerprint density at radius 2 is 1.74 bits per heavy atom. The number of aromatic nitrogens is 3. The molecule has 0 aliphatic carbocycles. The van der Waals surface area contributed by atoms with Crippen molar-refractivity contribution in [3.8, 4) is 0 Å². The van der Waals surface area contributed by atoms with Crippen molar-refractivity contribution in [3.05, 3.63) is 68.4 Å². The minimum absolute atomic E-state index is 0.0199. The standard InChI is InChI=1S/C24H26Cl3N5O2S/c1-5-32-22(21(13(2)3)29-23(34)17-9-8-15(25)10-18(17)27)30-31-24(32)35-12-20(33)28-19-11-16(26)7-6-14(19)4/h6-11,13,21H,5,12H2,1-4H3,(H,28,33)(H,29,34)/t21-/m1/s1. The third kappa shape index (κ3) is 6.91. The number of amides is 2. The van der Waals surface area contributed by atoms with E-state index in [1.54, 1.807) is 24.3 Å². The van der Waals surface area contributed by atoms with Gasteiger partial charge in [0, 0.05) is 22.3 Å². The molecule has 0 aliphatic heterocycles. The van der Waals surface area contributed by atoms with E-state index in [1.165, 1.54) is 17.8 Å². The number of thioether (sulfide) groups is 1. The largest absolute Gasteiger partial charge is 0.342 e. The maximum atomic E-state index is 12.9. The van der Waals surface area contributed by atoms with Gasteiger partial charge in [0.25, 0.3) is 5.91 Å². The lowest BCUT2D eigenvalue weighted by atomic mass is 10.0. The molecule has 1 atom stereocenters. The van der Waals surface area contributed by atoms with Gasteiger partial charge in [-0.25, -0.2) is 0 Å². The molecule has 35 heavy (non-hydrogen) atoms. The molecule has 186 valence electrons. The monoisotopic (exact) mass is 553 g/mol. The van der Waals surface area contributed by atoms with E-state index in [-0.39, 0.29) is 28.5 Å². The second kappa shape index (κ2) is 12.1. The van der Waals surface area contributed by atoms with Gasteiger partial charge in [-0.3, -0.25) is 9.59 Å². The molecule has 2 amide bonds. The normalized spacial score (nSPS) is 12.0. The maximum absolute atomic E-state index is 12.9. The third-order valence-corrected chi connectivity index (χ3v) is 7.02. The van der Waals surface area contributed by atoms with Crippen LogP contribution in [-0.4, -0.2) is 32.3 Å². The Hall–Kier alpha value is -2.26. The molecule has 0 saturated carbocycles. The summed E-state index contributed by atoms with van der Waals surface area (Å²) >= 11 is 19.5. The number of hydrogen-bond donors (Lipinski definition) is 2. The van der Waals surface area contributed by atoms with Crippen molar-refractivity contribution in [2.45, 2.75) is 45.4 Å². The predicted octanol–water partition coefficient (Wildman–Crippen LogP) is 6.42. The maximum Gasteiger partial charge on any atom is 0.253 e. The number of hydrogen-bond acceptors (Lipinski definition) is 5. The summed E-state index contributed by atoms with van der Waals surface area (Å²) in [5.74, 6) is 0.254. The Labute approximate surface area is 223 Å². The van der Waals surface area contributed by atoms with Gasteiger partial charge in [0.2, 0.25) is 5.91 Å². The second-order valence-electron chi connectivity index (χ2n) is 8.20. The van der Waals surface area contributed by atoms with Gasteiger partial charge in [0.15, 0.2) is 11.0 Å². The molecule has 0 spiro atoms. The lowest BCUT2D eigenvalue weighted by Crippen LogP contribution is -2.34. The lowest BCUT2D eigenvalue weighted by molar-refractivity contribution is -0.113. The summed E-state index contributed by atoms with van der Waals surface area (Å²) in [5.41, 5.74) is 1.92. The van der Waals surface area contributed by atoms with Gasteiger partial charge in [0.1, 0.15) is 0 Å². The Morgan fingerprint density at radius 3 is 2.40 bits per heavy atom. The lowest BCUT2D eigenvalue weighted by Gasteiger charge is -2.22. The zero-order chi connectivity index (χ0) is 25.7. The van der Waals surface area contributed by atoms with Crippen LogP contribution in [0.5, 0.6) is 0 Å². The zero-order valence-corrected chi connectivity index (χ0v) is 22.8. The zero-order valence-electron chi connectivity index (χ0n) is 19.7. The number of carbonyl (C=O) groups excluding carboxylic acids is 2. The first-order chi connectivity index (χ1) is 16.6. The van der Waals surface area contributed by atoms with E-state index in [0.29, 0.717) is 38.8 Å². The average molecular weight is 555 g/mol. The quantitative estimate of drug-likeness (QED) is 0.298. The van der Waals surface area contributed by atoms with Crippen molar-refractivity contribution >= 4 is 64.1 Å². The van der Waals surface area contributed by atoms with Gasteiger partial charge < -0.3 is 15.2 Å². The number of anilines is 1. The van der Waals surface area contributed by atoms with Crippen molar-refractivity contribution in [1.29, 1.82) is 0 Å². The first kappa shape index (κ1) is 27.3. The number of rotatable bonds is 9. The highest BCUT2D eigenvalue weighted by Crippen LogP contribution is 2.27.